The number of nitrogens with zero attached hydrogens (tertiary/aromatic N) is 2. The summed E-state index contributed by atoms with van der Waals surface area (Å²) >= 11 is 0. The second-order valence-electron chi connectivity index (χ2n) is 4.61. The molecule has 1 aliphatic rings. The monoisotopic (exact) mass is 241 g/mol. The Hall–Kier alpha value is -2.10. The molecule has 3 rings (SSSR count). The van der Waals surface area contributed by atoms with Crippen LogP contribution in [0, 0.1) is 5.92 Å². The van der Waals surface area contributed by atoms with Crippen LogP contribution in [0.5, 0.6) is 0 Å². The van der Waals surface area contributed by atoms with E-state index in [1.165, 1.54) is 0 Å². The summed E-state index contributed by atoms with van der Waals surface area (Å²) in [6, 6.07) is 9.93. The maximum atomic E-state index is 11.6. The smallest absolute Gasteiger partial charge is 0.223 e. The highest BCUT2D eigenvalue weighted by molar-refractivity contribution is 5.80. The van der Waals surface area contributed by atoms with Gasteiger partial charge < -0.3 is 5.32 Å². The topological polar surface area (TPSA) is 46.9 Å². The lowest BCUT2D eigenvalue weighted by atomic mass is 10.2. The fourth-order valence-corrected chi connectivity index (χ4v) is 1.91. The summed E-state index contributed by atoms with van der Waals surface area (Å²) in [4.78, 5) is 11.6. The van der Waals surface area contributed by atoms with E-state index in [1.807, 2.05) is 41.2 Å². The number of rotatable bonds is 4. The van der Waals surface area contributed by atoms with E-state index in [1.54, 1.807) is 6.20 Å². The fraction of sp³-hybridized carbons (Fsp3) is 0.286. The molecule has 0 bridgehead atoms. The zero-order valence-corrected chi connectivity index (χ0v) is 10.0. The van der Waals surface area contributed by atoms with Gasteiger partial charge in [-0.05, 0) is 36.6 Å². The summed E-state index contributed by atoms with van der Waals surface area (Å²) in [5, 5.41) is 7.16. The molecule has 1 aliphatic carbocycles. The first-order chi connectivity index (χ1) is 8.83. The Balaban J connectivity index is 1.69. The van der Waals surface area contributed by atoms with Gasteiger partial charge in [-0.2, -0.15) is 5.10 Å². The third kappa shape index (κ3) is 2.42. The van der Waals surface area contributed by atoms with Crippen LogP contribution in [-0.4, -0.2) is 15.7 Å². The Labute approximate surface area is 106 Å². The van der Waals surface area contributed by atoms with Crippen molar-refractivity contribution in [1.82, 2.24) is 15.1 Å². The molecule has 1 amide bonds. The average Bonchev–Trinajstić information content (AvgIpc) is 3.11. The lowest BCUT2D eigenvalue weighted by Gasteiger charge is -2.07. The van der Waals surface area contributed by atoms with Gasteiger partial charge in [0.2, 0.25) is 5.91 Å². The molecule has 0 atom stereocenters. The largest absolute Gasteiger partial charge is 0.352 e. The van der Waals surface area contributed by atoms with Crippen molar-refractivity contribution >= 4 is 5.91 Å². The van der Waals surface area contributed by atoms with Gasteiger partial charge >= 0.3 is 0 Å². The molecule has 0 saturated heterocycles. The van der Waals surface area contributed by atoms with Gasteiger partial charge in [0.05, 0.1) is 5.69 Å². The number of carbonyl (C=O) groups excluding carboxylic acids is 1. The summed E-state index contributed by atoms with van der Waals surface area (Å²) in [7, 11) is 0. The van der Waals surface area contributed by atoms with Gasteiger partial charge in [0.25, 0.3) is 0 Å². The number of amides is 1. The first-order valence-electron chi connectivity index (χ1n) is 6.19. The lowest BCUT2D eigenvalue weighted by molar-refractivity contribution is -0.122. The predicted octanol–water partition coefficient (Wildman–Crippen LogP) is 1.90. The molecule has 0 radical (unpaired) electrons. The molecule has 1 saturated carbocycles. The number of hydrogen-bond donors (Lipinski definition) is 1. The van der Waals surface area contributed by atoms with Gasteiger partial charge in [-0.25, -0.2) is 4.68 Å². The van der Waals surface area contributed by atoms with E-state index in [-0.39, 0.29) is 11.8 Å². The zero-order chi connectivity index (χ0) is 12.4. The van der Waals surface area contributed by atoms with Crippen LogP contribution in [0.3, 0.4) is 0 Å². The molecule has 1 aromatic carbocycles. The van der Waals surface area contributed by atoms with Crippen molar-refractivity contribution < 1.29 is 4.79 Å². The highest BCUT2D eigenvalue weighted by atomic mass is 16.2. The number of benzene rings is 1. The number of nitrogens with one attached hydrogen (secondary N) is 1. The van der Waals surface area contributed by atoms with Crippen molar-refractivity contribution in [3.05, 3.63) is 48.3 Å². The first-order valence-corrected chi connectivity index (χ1v) is 6.19. The Bertz CT molecular complexity index is 544. The molecule has 92 valence electrons. The van der Waals surface area contributed by atoms with E-state index in [9.17, 15) is 4.79 Å². The molecule has 4 heteroatoms. The molecule has 0 spiro atoms. The van der Waals surface area contributed by atoms with Crippen molar-refractivity contribution in [2.75, 3.05) is 0 Å². The van der Waals surface area contributed by atoms with Crippen LogP contribution in [0.1, 0.15) is 18.4 Å². The molecule has 4 nitrogen and oxygen atoms in total. The molecule has 2 aromatic rings. The molecule has 18 heavy (non-hydrogen) atoms. The van der Waals surface area contributed by atoms with E-state index in [2.05, 4.69) is 10.4 Å². The summed E-state index contributed by atoms with van der Waals surface area (Å²) in [5.74, 6) is 0.443. The molecule has 0 unspecified atom stereocenters. The number of hydrogen-bond acceptors (Lipinski definition) is 2. The van der Waals surface area contributed by atoms with Crippen LogP contribution in [0.4, 0.5) is 0 Å². The Morgan fingerprint density at radius 1 is 1.39 bits per heavy atom. The third-order valence-corrected chi connectivity index (χ3v) is 3.09. The third-order valence-electron chi connectivity index (χ3n) is 3.09. The average molecular weight is 241 g/mol. The minimum absolute atomic E-state index is 0.180. The maximum Gasteiger partial charge on any atom is 0.223 e. The summed E-state index contributed by atoms with van der Waals surface area (Å²) in [5.41, 5.74) is 2.11. The highest BCUT2D eigenvalue weighted by Gasteiger charge is 2.29. The Morgan fingerprint density at radius 2 is 2.28 bits per heavy atom. The zero-order valence-electron chi connectivity index (χ0n) is 10.0. The molecule has 0 aliphatic heterocycles. The quantitative estimate of drug-likeness (QED) is 0.888. The van der Waals surface area contributed by atoms with Gasteiger partial charge in [-0.15, -0.1) is 0 Å². The number of aromatic nitrogens is 2. The maximum absolute atomic E-state index is 11.6. The molecule has 1 heterocycles. The summed E-state index contributed by atoms with van der Waals surface area (Å²) < 4.78 is 1.81. The Kier molecular flexibility index (Phi) is 2.84. The summed E-state index contributed by atoms with van der Waals surface area (Å²) in [6.07, 6.45) is 5.74. The van der Waals surface area contributed by atoms with E-state index >= 15 is 0 Å². The second-order valence-corrected chi connectivity index (χ2v) is 4.61. The Morgan fingerprint density at radius 3 is 3.00 bits per heavy atom. The molecule has 1 aromatic heterocycles. The molecule has 1 N–H and O–H groups in total. The SMILES string of the molecule is O=C(NCc1cccc(-n2cccn2)c1)C1CC1. The minimum Gasteiger partial charge on any atom is -0.352 e. The van der Waals surface area contributed by atoms with E-state index in [0.717, 1.165) is 24.1 Å². The lowest BCUT2D eigenvalue weighted by Crippen LogP contribution is -2.24. The normalized spacial score (nSPS) is 14.4. The predicted molar refractivity (Wildman–Crippen MR) is 68.1 cm³/mol. The van der Waals surface area contributed by atoms with Gasteiger partial charge in [-0.1, -0.05) is 12.1 Å². The highest BCUT2D eigenvalue weighted by Crippen LogP contribution is 2.28. The minimum atomic E-state index is 0.180. The van der Waals surface area contributed by atoms with Crippen LogP contribution in [0.15, 0.2) is 42.7 Å². The van der Waals surface area contributed by atoms with Gasteiger partial charge in [0.1, 0.15) is 0 Å². The van der Waals surface area contributed by atoms with Crippen molar-refractivity contribution in [1.29, 1.82) is 0 Å². The van der Waals surface area contributed by atoms with Crippen molar-refractivity contribution in [3.8, 4) is 5.69 Å². The van der Waals surface area contributed by atoms with Gasteiger partial charge in [0, 0.05) is 24.9 Å². The molecule has 1 fully saturated rings. The number of carbonyl (C=O) groups is 1. The van der Waals surface area contributed by atoms with E-state index < -0.39 is 0 Å². The van der Waals surface area contributed by atoms with Crippen molar-refractivity contribution in [3.63, 3.8) is 0 Å². The van der Waals surface area contributed by atoms with Gasteiger partial charge in [-0.3, -0.25) is 4.79 Å². The van der Waals surface area contributed by atoms with Crippen LogP contribution in [0.2, 0.25) is 0 Å². The van der Waals surface area contributed by atoms with Crippen LogP contribution in [0.25, 0.3) is 5.69 Å². The molecular weight excluding hydrogens is 226 g/mol. The second kappa shape index (κ2) is 4.64. The van der Waals surface area contributed by atoms with Crippen LogP contribution in [-0.2, 0) is 11.3 Å². The molecular formula is C14H15N3O. The first kappa shape index (κ1) is 11.0. The fourth-order valence-electron chi connectivity index (χ4n) is 1.91. The van der Waals surface area contributed by atoms with Crippen molar-refractivity contribution in [2.24, 2.45) is 5.92 Å². The standard InChI is InChI=1S/C14H15N3O/c18-14(12-5-6-12)15-10-11-3-1-4-13(9-11)17-8-2-7-16-17/h1-4,7-9,12H,5-6,10H2,(H,15,18). The van der Waals surface area contributed by atoms with Crippen LogP contribution >= 0.6 is 0 Å². The van der Waals surface area contributed by atoms with E-state index in [0.29, 0.717) is 6.54 Å². The van der Waals surface area contributed by atoms with Crippen LogP contribution < -0.4 is 5.32 Å². The summed E-state index contributed by atoms with van der Waals surface area (Å²) in [6.45, 7) is 0.588. The van der Waals surface area contributed by atoms with E-state index in [4.69, 9.17) is 0 Å². The van der Waals surface area contributed by atoms with Gasteiger partial charge in [0.15, 0.2) is 0 Å². The van der Waals surface area contributed by atoms with Crippen molar-refractivity contribution in [2.45, 2.75) is 19.4 Å².